The Kier molecular flexibility index (Phi) is 19.6. The number of nitrogen functional groups attached to an aromatic ring is 1. The van der Waals surface area contributed by atoms with Crippen LogP contribution < -0.4 is 16.4 Å². The molecule has 3 aromatic rings. The molecule has 2 amide bonds. The number of anilines is 3. The zero-order valence-electron chi connectivity index (χ0n) is 32.9. The standard InChI is InChI=1S/C45H66N4O5/c1-3-5-7-9-11-15-30-49(31-16-12-10-8-6-4-2)33-39-32-42(36-24-22-35(34-50)23-25-36)54-45(53-39)37-26-28-38(29-27-37)47-43(51)20-17-21-44(52)48-41-19-14-13-18-40(41)46/h13-14,18-19,22-29,39,42,45,50H,3-12,15-17,20-21,30-34,46H2,1-2H3,(H,47,51)(H,48,52)/t39-,42+,45+/m1/s1. The topological polar surface area (TPSA) is 126 Å². The minimum Gasteiger partial charge on any atom is -0.397 e. The van der Waals surface area contributed by atoms with E-state index >= 15 is 0 Å². The third-order valence-corrected chi connectivity index (χ3v) is 10.2. The first-order chi connectivity index (χ1) is 26.4. The molecule has 1 saturated heterocycles. The van der Waals surface area contributed by atoms with E-state index in [0.29, 0.717) is 23.5 Å². The van der Waals surface area contributed by atoms with Crippen LogP contribution in [0.5, 0.6) is 0 Å². The number of nitrogens with zero attached hydrogens (tertiary/aromatic N) is 1. The molecule has 0 saturated carbocycles. The maximum Gasteiger partial charge on any atom is 0.224 e. The largest absolute Gasteiger partial charge is 0.397 e. The number of aliphatic hydroxyl groups excluding tert-OH is 1. The van der Waals surface area contributed by atoms with Gasteiger partial charge < -0.3 is 35.8 Å². The van der Waals surface area contributed by atoms with E-state index in [-0.39, 0.29) is 43.5 Å². The number of ether oxygens (including phenoxy) is 2. The third kappa shape index (κ3) is 15.5. The highest BCUT2D eigenvalue weighted by molar-refractivity contribution is 5.94. The number of aliphatic hydroxyl groups is 1. The molecule has 296 valence electrons. The quantitative estimate of drug-likeness (QED) is 0.0503. The summed E-state index contributed by atoms with van der Waals surface area (Å²) in [7, 11) is 0. The van der Waals surface area contributed by atoms with Gasteiger partial charge in [0.25, 0.3) is 0 Å². The van der Waals surface area contributed by atoms with Gasteiger partial charge in [-0.05, 0) is 67.7 Å². The maximum atomic E-state index is 12.7. The van der Waals surface area contributed by atoms with E-state index < -0.39 is 6.29 Å². The number of hydrogen-bond donors (Lipinski definition) is 4. The van der Waals surface area contributed by atoms with Crippen LogP contribution in [0.2, 0.25) is 0 Å². The highest BCUT2D eigenvalue weighted by atomic mass is 16.7. The predicted octanol–water partition coefficient (Wildman–Crippen LogP) is 10.1. The minimum atomic E-state index is -0.557. The van der Waals surface area contributed by atoms with Gasteiger partial charge >= 0.3 is 0 Å². The number of amides is 2. The molecule has 0 spiro atoms. The number of benzene rings is 3. The molecule has 1 fully saturated rings. The average molecular weight is 743 g/mol. The lowest BCUT2D eigenvalue weighted by Crippen LogP contribution is -2.40. The average Bonchev–Trinajstić information content (AvgIpc) is 3.18. The highest BCUT2D eigenvalue weighted by Crippen LogP contribution is 2.38. The summed E-state index contributed by atoms with van der Waals surface area (Å²) in [6.07, 6.45) is 16.3. The smallest absolute Gasteiger partial charge is 0.224 e. The monoisotopic (exact) mass is 743 g/mol. The van der Waals surface area contributed by atoms with Gasteiger partial charge in [-0.1, -0.05) is 127 Å². The van der Waals surface area contributed by atoms with Crippen molar-refractivity contribution < 1.29 is 24.2 Å². The van der Waals surface area contributed by atoms with Crippen LogP contribution in [0, 0.1) is 0 Å². The van der Waals surface area contributed by atoms with E-state index in [0.717, 1.165) is 42.7 Å². The van der Waals surface area contributed by atoms with Crippen molar-refractivity contribution >= 4 is 28.9 Å². The van der Waals surface area contributed by atoms with Gasteiger partial charge in [0.1, 0.15) is 0 Å². The Labute approximate surface area is 324 Å². The van der Waals surface area contributed by atoms with Gasteiger partial charge in [0.15, 0.2) is 6.29 Å². The first-order valence-electron chi connectivity index (χ1n) is 20.7. The van der Waals surface area contributed by atoms with Crippen molar-refractivity contribution in [2.45, 2.75) is 142 Å². The summed E-state index contributed by atoms with van der Waals surface area (Å²) in [5.74, 6) is -0.325. The molecule has 0 radical (unpaired) electrons. The lowest BCUT2D eigenvalue weighted by molar-refractivity contribution is -0.253. The molecule has 3 aromatic carbocycles. The Morgan fingerprint density at radius 2 is 1.28 bits per heavy atom. The third-order valence-electron chi connectivity index (χ3n) is 10.2. The second-order valence-electron chi connectivity index (χ2n) is 14.8. The summed E-state index contributed by atoms with van der Waals surface area (Å²) < 4.78 is 13.4. The molecule has 54 heavy (non-hydrogen) atoms. The number of rotatable bonds is 25. The van der Waals surface area contributed by atoms with Crippen LogP contribution in [-0.4, -0.2) is 47.6 Å². The summed E-state index contributed by atoms with van der Waals surface area (Å²) in [6.45, 7) is 7.57. The molecule has 5 N–H and O–H groups in total. The number of nitrogens with two attached hydrogens (primary N) is 1. The summed E-state index contributed by atoms with van der Waals surface area (Å²) >= 11 is 0. The number of carbonyl (C=O) groups excluding carboxylic acids is 2. The SMILES string of the molecule is CCCCCCCCN(CCCCCCCC)C[C@H]1C[C@@H](c2ccc(CO)cc2)O[C@@H](c2ccc(NC(=O)CCCC(=O)Nc3ccccc3N)cc2)O1. The van der Waals surface area contributed by atoms with Crippen molar-refractivity contribution in [2.75, 3.05) is 36.0 Å². The molecule has 3 atom stereocenters. The Hall–Kier alpha value is -3.76. The van der Waals surface area contributed by atoms with Crippen LogP contribution in [0.15, 0.2) is 72.8 Å². The Bertz CT molecular complexity index is 1480. The van der Waals surface area contributed by atoms with Gasteiger partial charge in [0.05, 0.1) is 30.2 Å². The van der Waals surface area contributed by atoms with Crippen molar-refractivity contribution in [3.05, 3.63) is 89.5 Å². The van der Waals surface area contributed by atoms with Crippen LogP contribution in [-0.2, 0) is 25.7 Å². The van der Waals surface area contributed by atoms with Crippen molar-refractivity contribution in [3.63, 3.8) is 0 Å². The lowest BCUT2D eigenvalue weighted by atomic mass is 9.99. The molecular weight excluding hydrogens is 677 g/mol. The first-order valence-corrected chi connectivity index (χ1v) is 20.7. The lowest BCUT2D eigenvalue weighted by Gasteiger charge is -2.38. The Morgan fingerprint density at radius 3 is 1.89 bits per heavy atom. The molecule has 1 aliphatic heterocycles. The van der Waals surface area contributed by atoms with E-state index in [9.17, 15) is 14.7 Å². The molecule has 0 aliphatic carbocycles. The van der Waals surface area contributed by atoms with E-state index in [1.165, 1.54) is 77.0 Å². The van der Waals surface area contributed by atoms with Crippen molar-refractivity contribution in [1.29, 1.82) is 0 Å². The molecular formula is C45H66N4O5. The normalized spacial score (nSPS) is 17.1. The number of para-hydroxylation sites is 2. The Balaban J connectivity index is 1.36. The summed E-state index contributed by atoms with van der Waals surface area (Å²) in [5.41, 5.74) is 10.5. The molecule has 0 bridgehead atoms. The molecule has 9 nitrogen and oxygen atoms in total. The summed E-state index contributed by atoms with van der Waals surface area (Å²) in [4.78, 5) is 27.7. The zero-order chi connectivity index (χ0) is 38.4. The molecule has 0 aromatic heterocycles. The van der Waals surface area contributed by atoms with Crippen LogP contribution in [0.25, 0.3) is 0 Å². The first kappa shape index (κ1) is 43.0. The van der Waals surface area contributed by atoms with E-state index in [1.807, 2.05) is 48.5 Å². The minimum absolute atomic E-state index is 0.00798. The number of nitrogens with one attached hydrogen (secondary N) is 2. The summed E-state index contributed by atoms with van der Waals surface area (Å²) in [5, 5.41) is 15.4. The van der Waals surface area contributed by atoms with Crippen molar-refractivity contribution in [1.82, 2.24) is 4.90 Å². The van der Waals surface area contributed by atoms with Gasteiger partial charge in [0, 0.05) is 37.1 Å². The molecule has 1 aliphatic rings. The van der Waals surface area contributed by atoms with E-state index in [4.69, 9.17) is 15.2 Å². The van der Waals surface area contributed by atoms with Crippen LogP contribution in [0.4, 0.5) is 17.1 Å². The second-order valence-corrected chi connectivity index (χ2v) is 14.8. The molecule has 1 heterocycles. The fourth-order valence-electron chi connectivity index (χ4n) is 7.03. The fourth-order valence-corrected chi connectivity index (χ4v) is 7.03. The maximum absolute atomic E-state index is 12.7. The summed E-state index contributed by atoms with van der Waals surface area (Å²) in [6, 6.07) is 22.8. The van der Waals surface area contributed by atoms with Crippen molar-refractivity contribution in [2.24, 2.45) is 0 Å². The van der Waals surface area contributed by atoms with Gasteiger partial charge in [0.2, 0.25) is 11.8 Å². The molecule has 4 rings (SSSR count). The van der Waals surface area contributed by atoms with Gasteiger partial charge in [-0.2, -0.15) is 0 Å². The fraction of sp³-hybridized carbons (Fsp3) is 0.556. The van der Waals surface area contributed by atoms with E-state index in [2.05, 4.69) is 41.5 Å². The van der Waals surface area contributed by atoms with Gasteiger partial charge in [-0.15, -0.1) is 0 Å². The second kappa shape index (κ2) is 24.6. The van der Waals surface area contributed by atoms with Crippen LogP contribution >= 0.6 is 0 Å². The highest BCUT2D eigenvalue weighted by Gasteiger charge is 2.33. The predicted molar refractivity (Wildman–Crippen MR) is 220 cm³/mol. The van der Waals surface area contributed by atoms with E-state index in [1.54, 1.807) is 12.1 Å². The van der Waals surface area contributed by atoms with Gasteiger partial charge in [-0.3, -0.25) is 9.59 Å². The number of unbranched alkanes of at least 4 members (excludes halogenated alkanes) is 10. The zero-order valence-corrected chi connectivity index (χ0v) is 32.9. The van der Waals surface area contributed by atoms with Gasteiger partial charge in [-0.25, -0.2) is 0 Å². The van der Waals surface area contributed by atoms with Crippen molar-refractivity contribution in [3.8, 4) is 0 Å². The number of carbonyl (C=O) groups is 2. The number of hydrogen-bond acceptors (Lipinski definition) is 7. The van der Waals surface area contributed by atoms with Crippen LogP contribution in [0.3, 0.4) is 0 Å². The van der Waals surface area contributed by atoms with Crippen LogP contribution in [0.1, 0.15) is 146 Å². The molecule has 0 unspecified atom stereocenters. The Morgan fingerprint density at radius 1 is 0.704 bits per heavy atom. The molecule has 9 heteroatoms.